The summed E-state index contributed by atoms with van der Waals surface area (Å²) in [7, 11) is 0. The van der Waals surface area contributed by atoms with Gasteiger partial charge in [0.15, 0.2) is 5.78 Å². The minimum Gasteiger partial charge on any atom is -0.448 e. The van der Waals surface area contributed by atoms with E-state index in [4.69, 9.17) is 9.47 Å². The third-order valence-corrected chi connectivity index (χ3v) is 7.61. The fourth-order valence-corrected chi connectivity index (χ4v) is 5.98. The average Bonchev–Trinajstić information content (AvgIpc) is 3.20. The van der Waals surface area contributed by atoms with Crippen LogP contribution in [0.4, 0.5) is 4.79 Å². The van der Waals surface area contributed by atoms with Crippen molar-refractivity contribution >= 4 is 11.9 Å². The number of carbonyl (C=O) groups is 2. The van der Waals surface area contributed by atoms with Crippen LogP contribution in [0.15, 0.2) is 66.9 Å². The van der Waals surface area contributed by atoms with Crippen molar-refractivity contribution in [2.45, 2.75) is 37.8 Å². The van der Waals surface area contributed by atoms with Gasteiger partial charge in [-0.15, -0.1) is 0 Å². The number of nitrogens with zero attached hydrogens (tertiary/aromatic N) is 2. The number of aryl methyl sites for hydroxylation is 1. The van der Waals surface area contributed by atoms with Gasteiger partial charge in [0, 0.05) is 18.0 Å². The van der Waals surface area contributed by atoms with Crippen molar-refractivity contribution in [1.82, 2.24) is 9.88 Å². The van der Waals surface area contributed by atoms with Crippen molar-refractivity contribution in [3.05, 3.63) is 89.2 Å². The normalized spacial score (nSPS) is 22.9. The third-order valence-electron chi connectivity index (χ3n) is 7.61. The molecule has 3 heterocycles. The molecule has 2 saturated heterocycles. The highest BCUT2D eigenvalue weighted by molar-refractivity contribution is 5.96. The molecule has 2 unspecified atom stereocenters. The highest BCUT2D eigenvalue weighted by atomic mass is 16.6. The monoisotopic (exact) mass is 468 g/mol. The number of carbonyl (C=O) groups excluding carboxylic acids is 2. The molecule has 178 valence electrons. The lowest BCUT2D eigenvalue weighted by Gasteiger charge is -2.47. The van der Waals surface area contributed by atoms with Crippen LogP contribution in [0.5, 0.6) is 0 Å². The van der Waals surface area contributed by atoms with Gasteiger partial charge in [-0.25, -0.2) is 4.79 Å². The molecule has 6 heteroatoms. The first-order chi connectivity index (χ1) is 17.1. The molecular formula is C29H28N2O4. The summed E-state index contributed by atoms with van der Waals surface area (Å²) < 4.78 is 11.7. The first kappa shape index (κ1) is 22.0. The van der Waals surface area contributed by atoms with Gasteiger partial charge in [-0.2, -0.15) is 0 Å². The number of ether oxygens (including phenoxy) is 2. The van der Waals surface area contributed by atoms with E-state index in [1.54, 1.807) is 6.20 Å². The van der Waals surface area contributed by atoms with Crippen LogP contribution in [0.3, 0.4) is 0 Å². The first-order valence-electron chi connectivity index (χ1n) is 12.3. The predicted octanol–water partition coefficient (Wildman–Crippen LogP) is 5.00. The number of pyridine rings is 1. The Kier molecular flexibility index (Phi) is 5.61. The maximum absolute atomic E-state index is 13.3. The Morgan fingerprint density at radius 3 is 2.23 bits per heavy atom. The summed E-state index contributed by atoms with van der Waals surface area (Å²) >= 11 is 0. The van der Waals surface area contributed by atoms with Gasteiger partial charge in [-0.05, 0) is 59.7 Å². The summed E-state index contributed by atoms with van der Waals surface area (Å²) in [6, 6.07) is 20.0. The highest BCUT2D eigenvalue weighted by Gasteiger charge is 2.45. The summed E-state index contributed by atoms with van der Waals surface area (Å²) in [6.45, 7) is 3.09. The number of hydrogen-bond donors (Lipinski definition) is 0. The summed E-state index contributed by atoms with van der Waals surface area (Å²) in [5.41, 5.74) is 6.32. The topological polar surface area (TPSA) is 68.7 Å². The molecule has 6 nitrogen and oxygen atoms in total. The first-order valence-corrected chi connectivity index (χ1v) is 12.3. The van der Waals surface area contributed by atoms with Crippen LogP contribution in [0.1, 0.15) is 45.9 Å². The molecule has 0 N–H and O–H groups in total. The second-order valence-corrected chi connectivity index (χ2v) is 9.81. The molecule has 2 aliphatic heterocycles. The van der Waals surface area contributed by atoms with Crippen LogP contribution in [0.2, 0.25) is 0 Å². The van der Waals surface area contributed by atoms with Gasteiger partial charge in [-0.1, -0.05) is 48.5 Å². The van der Waals surface area contributed by atoms with Crippen LogP contribution < -0.4 is 0 Å². The molecule has 3 aromatic rings. The van der Waals surface area contributed by atoms with Gasteiger partial charge in [0.05, 0.1) is 25.3 Å². The molecule has 1 amide bonds. The molecule has 3 aliphatic rings. The van der Waals surface area contributed by atoms with Crippen LogP contribution >= 0.6 is 0 Å². The zero-order valence-corrected chi connectivity index (χ0v) is 19.7. The Bertz CT molecular complexity index is 1230. The van der Waals surface area contributed by atoms with E-state index < -0.39 is 0 Å². The quantitative estimate of drug-likeness (QED) is 0.504. The van der Waals surface area contributed by atoms with Gasteiger partial charge in [0.1, 0.15) is 12.3 Å². The van der Waals surface area contributed by atoms with Crippen LogP contribution in [-0.2, 0) is 9.47 Å². The lowest BCUT2D eigenvalue weighted by atomic mass is 9.81. The van der Waals surface area contributed by atoms with Gasteiger partial charge in [0.2, 0.25) is 0 Å². The molecule has 1 aromatic heterocycles. The third kappa shape index (κ3) is 3.92. The number of hydrogen-bond acceptors (Lipinski definition) is 5. The van der Waals surface area contributed by atoms with E-state index in [1.807, 2.05) is 48.2 Å². The summed E-state index contributed by atoms with van der Waals surface area (Å²) in [6.07, 6.45) is 2.49. The van der Waals surface area contributed by atoms with E-state index in [0.29, 0.717) is 38.4 Å². The zero-order chi connectivity index (χ0) is 23.9. The molecule has 2 aromatic carbocycles. The number of benzene rings is 2. The van der Waals surface area contributed by atoms with Crippen LogP contribution in [0.25, 0.3) is 11.1 Å². The van der Waals surface area contributed by atoms with Gasteiger partial charge in [-0.3, -0.25) is 14.7 Å². The number of piperidine rings is 1. The number of ketones is 1. The molecule has 0 spiro atoms. The summed E-state index contributed by atoms with van der Waals surface area (Å²) in [4.78, 5) is 32.6. The smallest absolute Gasteiger partial charge is 0.410 e. The highest BCUT2D eigenvalue weighted by Crippen LogP contribution is 2.44. The predicted molar refractivity (Wildman–Crippen MR) is 131 cm³/mol. The van der Waals surface area contributed by atoms with Crippen molar-refractivity contribution in [3.63, 3.8) is 0 Å². The summed E-state index contributed by atoms with van der Waals surface area (Å²) in [5, 5.41) is 0. The maximum Gasteiger partial charge on any atom is 0.410 e. The Morgan fingerprint density at radius 1 is 0.971 bits per heavy atom. The summed E-state index contributed by atoms with van der Waals surface area (Å²) in [5.74, 6) is -0.0902. The van der Waals surface area contributed by atoms with Crippen LogP contribution in [-0.4, -0.2) is 53.7 Å². The number of amides is 1. The van der Waals surface area contributed by atoms with E-state index in [1.165, 1.54) is 22.3 Å². The average molecular weight is 469 g/mol. The SMILES string of the molecule is Cc1ccnc(C(=O)C2CC3COCC(C2)N3C(=O)OCC2c3ccccc3-c3ccccc32)c1. The maximum atomic E-state index is 13.3. The molecule has 0 saturated carbocycles. The van der Waals surface area contributed by atoms with E-state index in [2.05, 4.69) is 29.2 Å². The van der Waals surface area contributed by atoms with Crippen molar-refractivity contribution in [3.8, 4) is 11.1 Å². The lowest BCUT2D eigenvalue weighted by Crippen LogP contribution is -2.60. The molecule has 2 atom stereocenters. The van der Waals surface area contributed by atoms with Gasteiger partial charge < -0.3 is 9.47 Å². The Balaban J connectivity index is 1.17. The van der Waals surface area contributed by atoms with Gasteiger partial charge >= 0.3 is 6.09 Å². The Hall–Kier alpha value is -3.51. The Labute approximate surface area is 204 Å². The number of aromatic nitrogens is 1. The van der Waals surface area contributed by atoms with Crippen LogP contribution in [0, 0.1) is 12.8 Å². The van der Waals surface area contributed by atoms with E-state index >= 15 is 0 Å². The van der Waals surface area contributed by atoms with E-state index in [-0.39, 0.29) is 35.8 Å². The molecule has 2 fully saturated rings. The molecule has 35 heavy (non-hydrogen) atoms. The molecule has 1 aliphatic carbocycles. The minimum atomic E-state index is -0.315. The number of rotatable bonds is 4. The van der Waals surface area contributed by atoms with Crippen molar-refractivity contribution in [2.24, 2.45) is 5.92 Å². The Morgan fingerprint density at radius 2 is 1.60 bits per heavy atom. The largest absolute Gasteiger partial charge is 0.448 e. The van der Waals surface area contributed by atoms with Crippen molar-refractivity contribution in [1.29, 1.82) is 0 Å². The molecule has 6 rings (SSSR count). The van der Waals surface area contributed by atoms with Crippen molar-refractivity contribution < 1.29 is 19.1 Å². The molecular weight excluding hydrogens is 440 g/mol. The second-order valence-electron chi connectivity index (χ2n) is 9.81. The number of fused-ring (bicyclic) bond motifs is 5. The zero-order valence-electron chi connectivity index (χ0n) is 19.7. The van der Waals surface area contributed by atoms with Gasteiger partial charge in [0.25, 0.3) is 0 Å². The van der Waals surface area contributed by atoms with E-state index in [9.17, 15) is 9.59 Å². The second kappa shape index (κ2) is 8.93. The van der Waals surface area contributed by atoms with E-state index in [0.717, 1.165) is 5.56 Å². The standard InChI is InChI=1S/C29H28N2O4/c1-18-10-11-30-27(12-18)28(32)19-13-20-15-34-16-21(14-19)31(20)29(33)35-17-26-24-8-4-2-6-22(24)23-7-3-5-9-25(23)26/h2-12,19-21,26H,13-17H2,1H3. The fraction of sp³-hybridized carbons (Fsp3) is 0.345. The van der Waals surface area contributed by atoms with Crippen molar-refractivity contribution in [2.75, 3.05) is 19.8 Å². The molecule has 0 radical (unpaired) electrons. The number of Topliss-reactive ketones (excluding diaryl/α,β-unsaturated/α-hetero) is 1. The fourth-order valence-electron chi connectivity index (χ4n) is 5.98. The number of morpholine rings is 1. The minimum absolute atomic E-state index is 0.0222. The lowest BCUT2D eigenvalue weighted by molar-refractivity contribution is -0.0748. The molecule has 2 bridgehead atoms.